The van der Waals surface area contributed by atoms with Crippen LogP contribution < -0.4 is 10.6 Å². The number of hydrogen-bond acceptors (Lipinski definition) is 4. The van der Waals surface area contributed by atoms with Crippen molar-refractivity contribution in [3.8, 4) is 11.4 Å². The van der Waals surface area contributed by atoms with Gasteiger partial charge >= 0.3 is 0 Å². The van der Waals surface area contributed by atoms with Crippen molar-refractivity contribution < 1.29 is 9.18 Å². The molecule has 4 rings (SSSR count). The van der Waals surface area contributed by atoms with Crippen LogP contribution >= 0.6 is 0 Å². The number of rotatable bonds is 7. The molecule has 5 nitrogen and oxygen atoms in total. The molecule has 0 fully saturated rings. The van der Waals surface area contributed by atoms with Crippen LogP contribution in [0.15, 0.2) is 85.1 Å². The van der Waals surface area contributed by atoms with Crippen molar-refractivity contribution in [3.63, 3.8) is 0 Å². The van der Waals surface area contributed by atoms with E-state index in [4.69, 9.17) is 0 Å². The number of benzene rings is 3. The van der Waals surface area contributed by atoms with E-state index in [1.54, 1.807) is 36.5 Å². The number of aromatic nitrogens is 2. The van der Waals surface area contributed by atoms with Crippen molar-refractivity contribution in [2.24, 2.45) is 0 Å². The minimum Gasteiger partial charge on any atom is -0.348 e. The third-order valence-electron chi connectivity index (χ3n) is 5.24. The van der Waals surface area contributed by atoms with Crippen molar-refractivity contribution >= 4 is 17.4 Å². The lowest BCUT2D eigenvalue weighted by Gasteiger charge is -2.10. The van der Waals surface area contributed by atoms with E-state index in [-0.39, 0.29) is 11.7 Å². The maximum Gasteiger partial charge on any atom is 0.251 e. The predicted octanol–water partition coefficient (Wildman–Crippen LogP) is 6.08. The highest BCUT2D eigenvalue weighted by molar-refractivity contribution is 5.95. The number of carbonyl (C=O) groups is 1. The third-order valence-corrected chi connectivity index (χ3v) is 5.24. The quantitative estimate of drug-likeness (QED) is 0.365. The fourth-order valence-electron chi connectivity index (χ4n) is 3.39. The third kappa shape index (κ3) is 5.80. The average molecular weight is 441 g/mol. The Morgan fingerprint density at radius 2 is 1.76 bits per heavy atom. The van der Waals surface area contributed by atoms with Crippen LogP contribution in [-0.2, 0) is 6.54 Å². The van der Waals surface area contributed by atoms with Crippen LogP contribution in [0.5, 0.6) is 0 Å². The first kappa shape index (κ1) is 22.1. The second-order valence-corrected chi connectivity index (χ2v) is 8.06. The molecule has 3 aromatic carbocycles. The maximum absolute atomic E-state index is 13.5. The second-order valence-electron chi connectivity index (χ2n) is 8.06. The van der Waals surface area contributed by atoms with Crippen LogP contribution in [0.2, 0.25) is 0 Å². The van der Waals surface area contributed by atoms with E-state index in [9.17, 15) is 9.18 Å². The van der Waals surface area contributed by atoms with Gasteiger partial charge in [-0.3, -0.25) is 4.79 Å². The van der Waals surface area contributed by atoms with Crippen LogP contribution in [-0.4, -0.2) is 15.9 Å². The molecule has 33 heavy (non-hydrogen) atoms. The summed E-state index contributed by atoms with van der Waals surface area (Å²) in [6.45, 7) is 4.76. The van der Waals surface area contributed by atoms with E-state index < -0.39 is 0 Å². The van der Waals surface area contributed by atoms with Crippen LogP contribution in [0.1, 0.15) is 41.3 Å². The van der Waals surface area contributed by atoms with Crippen molar-refractivity contribution in [2.45, 2.75) is 26.3 Å². The fourth-order valence-corrected chi connectivity index (χ4v) is 3.39. The summed E-state index contributed by atoms with van der Waals surface area (Å²) in [6, 6.07) is 23.3. The highest BCUT2D eigenvalue weighted by Crippen LogP contribution is 2.21. The molecule has 1 heterocycles. The molecular weight excluding hydrogens is 415 g/mol. The van der Waals surface area contributed by atoms with E-state index in [1.807, 2.05) is 24.3 Å². The lowest BCUT2D eigenvalue weighted by Crippen LogP contribution is -2.22. The molecule has 6 heteroatoms. The first-order valence-electron chi connectivity index (χ1n) is 10.8. The normalized spacial score (nSPS) is 10.8. The Hall–Kier alpha value is -4.06. The molecule has 2 N–H and O–H groups in total. The minimum atomic E-state index is -0.343. The molecular formula is C27H25FN4O. The Bertz CT molecular complexity index is 1250. The van der Waals surface area contributed by atoms with Crippen molar-refractivity contribution in [1.29, 1.82) is 0 Å². The van der Waals surface area contributed by atoms with Crippen LogP contribution in [0.25, 0.3) is 11.4 Å². The molecule has 0 saturated heterocycles. The van der Waals surface area contributed by atoms with Gasteiger partial charge in [-0.2, -0.15) is 0 Å². The highest BCUT2D eigenvalue weighted by atomic mass is 19.1. The molecule has 1 aromatic heterocycles. The summed E-state index contributed by atoms with van der Waals surface area (Å²) in [5.41, 5.74) is 4.17. The second kappa shape index (κ2) is 10.0. The van der Waals surface area contributed by atoms with E-state index in [2.05, 4.69) is 46.6 Å². The highest BCUT2D eigenvalue weighted by Gasteiger charge is 2.08. The number of carbonyl (C=O) groups excluding carboxylic acids is 1. The molecule has 0 aliphatic rings. The monoisotopic (exact) mass is 440 g/mol. The number of hydrogen-bond donors (Lipinski definition) is 2. The Morgan fingerprint density at radius 3 is 2.52 bits per heavy atom. The van der Waals surface area contributed by atoms with Gasteiger partial charge in [0.15, 0.2) is 5.82 Å². The number of halogens is 1. The molecule has 4 aromatic rings. The number of nitrogens with zero attached hydrogens (tertiary/aromatic N) is 2. The smallest absolute Gasteiger partial charge is 0.251 e. The van der Waals surface area contributed by atoms with Crippen molar-refractivity contribution in [2.75, 3.05) is 5.32 Å². The largest absolute Gasteiger partial charge is 0.348 e. The summed E-state index contributed by atoms with van der Waals surface area (Å²) in [7, 11) is 0. The lowest BCUT2D eigenvalue weighted by molar-refractivity contribution is 0.0951. The standard InChI is InChI=1S/C27H25FN4O/c1-18(2)20-11-9-19(10-12-20)17-30-27(33)22-6-4-8-24(16-22)31-25-13-14-29-26(32-25)21-5-3-7-23(28)15-21/h3-16,18H,17H2,1-2H3,(H,30,33)(H,29,31,32). The molecule has 0 unspecified atom stereocenters. The summed E-state index contributed by atoms with van der Waals surface area (Å²) >= 11 is 0. The van der Waals surface area contributed by atoms with E-state index in [1.165, 1.54) is 17.7 Å². The zero-order valence-corrected chi connectivity index (χ0v) is 18.5. The summed E-state index contributed by atoms with van der Waals surface area (Å²) in [6.07, 6.45) is 1.61. The Labute approximate surface area is 192 Å². The van der Waals surface area contributed by atoms with Gasteiger partial charge in [0, 0.05) is 29.6 Å². The Morgan fingerprint density at radius 1 is 0.970 bits per heavy atom. The van der Waals surface area contributed by atoms with Gasteiger partial charge in [0.1, 0.15) is 11.6 Å². The average Bonchev–Trinajstić information content (AvgIpc) is 2.83. The summed E-state index contributed by atoms with van der Waals surface area (Å²) in [5, 5.41) is 6.15. The van der Waals surface area contributed by atoms with Crippen molar-refractivity contribution in [3.05, 3.63) is 108 Å². The zero-order chi connectivity index (χ0) is 23.2. The first-order valence-corrected chi connectivity index (χ1v) is 10.8. The Balaban J connectivity index is 1.42. The van der Waals surface area contributed by atoms with E-state index in [0.29, 0.717) is 40.9 Å². The van der Waals surface area contributed by atoms with E-state index in [0.717, 1.165) is 5.56 Å². The van der Waals surface area contributed by atoms with Gasteiger partial charge in [0.25, 0.3) is 5.91 Å². The molecule has 166 valence electrons. The molecule has 0 aliphatic heterocycles. The molecule has 0 aliphatic carbocycles. The number of nitrogens with one attached hydrogen (secondary N) is 2. The molecule has 1 amide bonds. The van der Waals surface area contributed by atoms with Crippen molar-refractivity contribution in [1.82, 2.24) is 15.3 Å². The zero-order valence-electron chi connectivity index (χ0n) is 18.5. The minimum absolute atomic E-state index is 0.158. The predicted molar refractivity (Wildman–Crippen MR) is 129 cm³/mol. The molecule has 0 atom stereocenters. The van der Waals surface area contributed by atoms with Gasteiger partial charge in [0.2, 0.25) is 0 Å². The van der Waals surface area contributed by atoms with Crippen LogP contribution in [0, 0.1) is 5.82 Å². The number of anilines is 2. The van der Waals surface area contributed by atoms with Crippen LogP contribution in [0.4, 0.5) is 15.9 Å². The fraction of sp³-hybridized carbons (Fsp3) is 0.148. The lowest BCUT2D eigenvalue weighted by atomic mass is 10.0. The molecule has 0 bridgehead atoms. The first-order chi connectivity index (χ1) is 16.0. The van der Waals surface area contributed by atoms with E-state index >= 15 is 0 Å². The van der Waals surface area contributed by atoms with Gasteiger partial charge in [-0.25, -0.2) is 14.4 Å². The SMILES string of the molecule is CC(C)c1ccc(CNC(=O)c2cccc(Nc3ccnc(-c4cccc(F)c4)n3)c2)cc1. The summed E-state index contributed by atoms with van der Waals surface area (Å²) in [5.74, 6) is 0.936. The topological polar surface area (TPSA) is 66.9 Å². The van der Waals surface area contributed by atoms with Gasteiger partial charge in [-0.15, -0.1) is 0 Å². The van der Waals surface area contributed by atoms with Gasteiger partial charge in [-0.05, 0) is 53.4 Å². The van der Waals surface area contributed by atoms with Crippen LogP contribution in [0.3, 0.4) is 0 Å². The number of amides is 1. The summed E-state index contributed by atoms with van der Waals surface area (Å²) in [4.78, 5) is 21.4. The Kier molecular flexibility index (Phi) is 6.74. The summed E-state index contributed by atoms with van der Waals surface area (Å²) < 4.78 is 13.5. The van der Waals surface area contributed by atoms with Gasteiger partial charge in [0.05, 0.1) is 0 Å². The van der Waals surface area contributed by atoms with Gasteiger partial charge < -0.3 is 10.6 Å². The maximum atomic E-state index is 13.5. The van der Waals surface area contributed by atoms with Gasteiger partial charge in [-0.1, -0.05) is 56.3 Å². The molecule has 0 saturated carbocycles. The molecule has 0 spiro atoms. The molecule has 0 radical (unpaired) electrons.